The summed E-state index contributed by atoms with van der Waals surface area (Å²) in [5.41, 5.74) is 1.34. The van der Waals surface area contributed by atoms with Crippen molar-refractivity contribution in [1.29, 1.82) is 0 Å². The van der Waals surface area contributed by atoms with Gasteiger partial charge in [-0.15, -0.1) is 11.6 Å². The Morgan fingerprint density at radius 3 is 2.94 bits per heavy atom. The molecule has 1 aliphatic carbocycles. The SMILES string of the molecule is ClC1CC(NCC2COc3ccccc32)C1. The summed E-state index contributed by atoms with van der Waals surface area (Å²) in [7, 11) is 0. The third-order valence-corrected chi connectivity index (χ3v) is 3.89. The number of nitrogens with one attached hydrogen (secondary N) is 1. The monoisotopic (exact) mass is 237 g/mol. The van der Waals surface area contributed by atoms with E-state index >= 15 is 0 Å². The standard InChI is InChI=1S/C13H16ClNO/c14-10-5-11(6-10)15-7-9-8-16-13-4-2-1-3-12(9)13/h1-4,9-11,15H,5-8H2. The fourth-order valence-corrected chi connectivity index (χ4v) is 2.85. The van der Waals surface area contributed by atoms with Crippen molar-refractivity contribution in [2.45, 2.75) is 30.2 Å². The van der Waals surface area contributed by atoms with Crippen LogP contribution in [0.5, 0.6) is 5.75 Å². The number of hydrogen-bond acceptors (Lipinski definition) is 2. The summed E-state index contributed by atoms with van der Waals surface area (Å²) in [6.45, 7) is 1.81. The Bertz CT molecular complexity index is 376. The molecule has 2 nitrogen and oxygen atoms in total. The van der Waals surface area contributed by atoms with E-state index < -0.39 is 0 Å². The summed E-state index contributed by atoms with van der Waals surface area (Å²) in [5, 5.41) is 3.96. The molecule has 1 aromatic carbocycles. The van der Waals surface area contributed by atoms with Crippen molar-refractivity contribution in [3.05, 3.63) is 29.8 Å². The Morgan fingerprint density at radius 1 is 1.31 bits per heavy atom. The Morgan fingerprint density at radius 2 is 2.12 bits per heavy atom. The molecule has 1 saturated carbocycles. The normalized spacial score (nSPS) is 31.7. The molecule has 0 saturated heterocycles. The van der Waals surface area contributed by atoms with Crippen LogP contribution in [-0.4, -0.2) is 24.6 Å². The van der Waals surface area contributed by atoms with Gasteiger partial charge in [-0.3, -0.25) is 0 Å². The minimum atomic E-state index is 0.393. The Labute approximate surface area is 101 Å². The van der Waals surface area contributed by atoms with E-state index in [-0.39, 0.29) is 0 Å². The molecule has 16 heavy (non-hydrogen) atoms. The zero-order chi connectivity index (χ0) is 11.0. The first-order valence-corrected chi connectivity index (χ1v) is 6.36. The third-order valence-electron chi connectivity index (χ3n) is 3.53. The van der Waals surface area contributed by atoms with E-state index in [1.54, 1.807) is 0 Å². The first-order valence-electron chi connectivity index (χ1n) is 5.92. The average Bonchev–Trinajstić information content (AvgIpc) is 2.66. The molecule has 1 aliphatic heterocycles. The van der Waals surface area contributed by atoms with Gasteiger partial charge in [-0.25, -0.2) is 0 Å². The molecule has 0 radical (unpaired) electrons. The minimum absolute atomic E-state index is 0.393. The smallest absolute Gasteiger partial charge is 0.122 e. The van der Waals surface area contributed by atoms with E-state index in [4.69, 9.17) is 16.3 Å². The predicted molar refractivity (Wildman–Crippen MR) is 65.3 cm³/mol. The zero-order valence-corrected chi connectivity index (χ0v) is 9.91. The number of hydrogen-bond donors (Lipinski definition) is 1. The Hall–Kier alpha value is -0.730. The van der Waals surface area contributed by atoms with Crippen LogP contribution in [0, 0.1) is 0 Å². The molecule has 0 aromatic heterocycles. The van der Waals surface area contributed by atoms with Gasteiger partial charge >= 0.3 is 0 Å². The van der Waals surface area contributed by atoms with Crippen molar-refractivity contribution in [2.24, 2.45) is 0 Å². The van der Waals surface area contributed by atoms with Crippen molar-refractivity contribution in [1.82, 2.24) is 5.32 Å². The van der Waals surface area contributed by atoms with Gasteiger partial charge in [0.15, 0.2) is 0 Å². The van der Waals surface area contributed by atoms with Crippen molar-refractivity contribution in [3.8, 4) is 5.75 Å². The van der Waals surface area contributed by atoms with Crippen LogP contribution in [0.25, 0.3) is 0 Å². The molecule has 1 N–H and O–H groups in total. The quantitative estimate of drug-likeness (QED) is 0.816. The predicted octanol–water partition coefficient (Wildman–Crippen LogP) is 2.52. The first kappa shape index (κ1) is 10.4. The molecule has 86 valence electrons. The van der Waals surface area contributed by atoms with Crippen LogP contribution < -0.4 is 10.1 Å². The van der Waals surface area contributed by atoms with Crippen LogP contribution in [0.15, 0.2) is 24.3 Å². The van der Waals surface area contributed by atoms with E-state index in [2.05, 4.69) is 17.4 Å². The van der Waals surface area contributed by atoms with Gasteiger partial charge in [0.1, 0.15) is 5.75 Å². The zero-order valence-electron chi connectivity index (χ0n) is 9.16. The summed E-state index contributed by atoms with van der Waals surface area (Å²) in [4.78, 5) is 0. The summed E-state index contributed by atoms with van der Waals surface area (Å²) in [5.74, 6) is 1.56. The maximum Gasteiger partial charge on any atom is 0.122 e. The highest BCUT2D eigenvalue weighted by atomic mass is 35.5. The number of para-hydroxylation sites is 1. The van der Waals surface area contributed by atoms with Gasteiger partial charge in [0, 0.05) is 29.4 Å². The lowest BCUT2D eigenvalue weighted by Gasteiger charge is -2.32. The van der Waals surface area contributed by atoms with Gasteiger partial charge in [-0.1, -0.05) is 18.2 Å². The molecule has 3 heteroatoms. The second kappa shape index (κ2) is 4.27. The summed E-state index contributed by atoms with van der Waals surface area (Å²) in [6.07, 6.45) is 2.22. The molecule has 1 atom stereocenters. The molecule has 1 aromatic rings. The fourth-order valence-electron chi connectivity index (χ4n) is 2.42. The van der Waals surface area contributed by atoms with Crippen LogP contribution >= 0.6 is 11.6 Å². The summed E-state index contributed by atoms with van der Waals surface area (Å²) in [6, 6.07) is 8.94. The highest BCUT2D eigenvalue weighted by Crippen LogP contribution is 2.33. The molecule has 1 unspecified atom stereocenters. The van der Waals surface area contributed by atoms with E-state index in [1.165, 1.54) is 5.56 Å². The second-order valence-corrected chi connectivity index (χ2v) is 5.34. The van der Waals surface area contributed by atoms with E-state index in [1.807, 2.05) is 12.1 Å². The molecule has 0 amide bonds. The molecule has 1 heterocycles. The molecule has 0 bridgehead atoms. The van der Waals surface area contributed by atoms with Gasteiger partial charge in [-0.2, -0.15) is 0 Å². The van der Waals surface area contributed by atoms with Crippen molar-refractivity contribution in [2.75, 3.05) is 13.2 Å². The van der Waals surface area contributed by atoms with Gasteiger partial charge in [0.05, 0.1) is 6.61 Å². The topological polar surface area (TPSA) is 21.3 Å². The number of benzene rings is 1. The van der Waals surface area contributed by atoms with E-state index in [0.717, 1.165) is 31.7 Å². The van der Waals surface area contributed by atoms with Gasteiger partial charge in [0.2, 0.25) is 0 Å². The lowest BCUT2D eigenvalue weighted by atomic mass is 9.91. The van der Waals surface area contributed by atoms with Gasteiger partial charge < -0.3 is 10.1 Å². The number of halogens is 1. The van der Waals surface area contributed by atoms with Crippen molar-refractivity contribution >= 4 is 11.6 Å². The van der Waals surface area contributed by atoms with Gasteiger partial charge in [-0.05, 0) is 18.9 Å². The Kier molecular flexibility index (Phi) is 2.78. The van der Waals surface area contributed by atoms with E-state index in [0.29, 0.717) is 17.3 Å². The molecular formula is C13H16ClNO. The fraction of sp³-hybridized carbons (Fsp3) is 0.538. The number of ether oxygens (including phenoxy) is 1. The van der Waals surface area contributed by atoms with Crippen molar-refractivity contribution in [3.63, 3.8) is 0 Å². The van der Waals surface area contributed by atoms with Gasteiger partial charge in [0.25, 0.3) is 0 Å². The maximum absolute atomic E-state index is 5.96. The van der Waals surface area contributed by atoms with Crippen molar-refractivity contribution < 1.29 is 4.74 Å². The molecule has 1 fully saturated rings. The number of alkyl halides is 1. The highest BCUT2D eigenvalue weighted by molar-refractivity contribution is 6.21. The third kappa shape index (κ3) is 1.92. The lowest BCUT2D eigenvalue weighted by molar-refractivity contribution is 0.299. The lowest BCUT2D eigenvalue weighted by Crippen LogP contribution is -2.43. The maximum atomic E-state index is 5.96. The van der Waals surface area contributed by atoms with Crippen LogP contribution in [0.2, 0.25) is 0 Å². The molecule has 3 rings (SSSR count). The largest absolute Gasteiger partial charge is 0.493 e. The second-order valence-electron chi connectivity index (χ2n) is 4.72. The number of fused-ring (bicyclic) bond motifs is 1. The summed E-state index contributed by atoms with van der Waals surface area (Å²) < 4.78 is 5.65. The van der Waals surface area contributed by atoms with E-state index in [9.17, 15) is 0 Å². The van der Waals surface area contributed by atoms with Crippen LogP contribution in [0.4, 0.5) is 0 Å². The Balaban J connectivity index is 1.57. The first-order chi connectivity index (χ1) is 7.83. The van der Waals surface area contributed by atoms with Crippen LogP contribution in [0.1, 0.15) is 24.3 Å². The van der Waals surface area contributed by atoms with Crippen LogP contribution in [-0.2, 0) is 0 Å². The molecule has 2 aliphatic rings. The number of rotatable bonds is 3. The highest BCUT2D eigenvalue weighted by Gasteiger charge is 2.29. The minimum Gasteiger partial charge on any atom is -0.493 e. The summed E-state index contributed by atoms with van der Waals surface area (Å²) >= 11 is 5.96. The molecular weight excluding hydrogens is 222 g/mol. The molecule has 0 spiro atoms. The van der Waals surface area contributed by atoms with Crippen LogP contribution in [0.3, 0.4) is 0 Å². The average molecular weight is 238 g/mol.